The van der Waals surface area contributed by atoms with Gasteiger partial charge in [0.2, 0.25) is 11.8 Å². The quantitative estimate of drug-likeness (QED) is 0.635. The van der Waals surface area contributed by atoms with Crippen LogP contribution in [0.15, 0.2) is 12.1 Å². The van der Waals surface area contributed by atoms with Gasteiger partial charge in [-0.25, -0.2) is 0 Å². The smallest absolute Gasteiger partial charge is 0.241 e. The van der Waals surface area contributed by atoms with Gasteiger partial charge in [-0.2, -0.15) is 0 Å². The fraction of sp³-hybridized carbons (Fsp3) is 0.654. The van der Waals surface area contributed by atoms with Crippen molar-refractivity contribution in [2.75, 3.05) is 18.0 Å². The number of hydrogen-bond donors (Lipinski definition) is 2. The number of rotatable bonds is 0. The minimum Gasteiger partial charge on any atom is -0.507 e. The Morgan fingerprint density at radius 2 is 1.88 bits per heavy atom. The summed E-state index contributed by atoms with van der Waals surface area (Å²) in [4.78, 5) is 45.3. The van der Waals surface area contributed by atoms with Gasteiger partial charge in [-0.1, -0.05) is 19.9 Å². The Kier molecular flexibility index (Phi) is 3.21. The zero-order valence-electron chi connectivity index (χ0n) is 19.7. The standard InChI is InChI=1S/C26H31N3O4/c1-22(2)10-16(31)18-15(30)7-6-14-19(18)29(22)21(33)26(14)12-24-13-28-9-5-8-25(28,20(32)27-24)11-17(24)23(26,3)4/h6-7,17,30H,5,8-13H2,1-4H3,(H,27,32)/t17-,24+,25?,26?/m0/s1. The molecule has 2 amide bonds. The van der Waals surface area contributed by atoms with Gasteiger partial charge < -0.3 is 15.3 Å². The van der Waals surface area contributed by atoms with E-state index in [9.17, 15) is 19.5 Å². The number of carbonyl (C=O) groups is 3. The number of nitrogens with one attached hydrogen (secondary N) is 1. The molecule has 8 rings (SSSR count). The highest BCUT2D eigenvalue weighted by Crippen LogP contribution is 2.71. The fourth-order valence-corrected chi connectivity index (χ4v) is 9.14. The number of piperidine rings is 2. The van der Waals surface area contributed by atoms with E-state index in [0.29, 0.717) is 12.1 Å². The van der Waals surface area contributed by atoms with Crippen molar-refractivity contribution in [1.29, 1.82) is 0 Å². The SMILES string of the molecule is CC1(C)CC(=O)c2c(O)ccc3c2N1C(=O)C31C[C@@]23CN4CCCC4(C[C@H]2C1(C)C)C(=O)N3. The zero-order chi connectivity index (χ0) is 23.3. The summed E-state index contributed by atoms with van der Waals surface area (Å²) in [6.07, 6.45) is 3.42. The van der Waals surface area contributed by atoms with Gasteiger partial charge >= 0.3 is 0 Å². The molecule has 6 aliphatic heterocycles. The van der Waals surface area contributed by atoms with E-state index in [1.165, 1.54) is 0 Å². The number of piperazine rings is 1. The Bertz CT molecular complexity index is 1200. The molecule has 4 saturated heterocycles. The van der Waals surface area contributed by atoms with E-state index in [4.69, 9.17) is 0 Å². The molecule has 7 heteroatoms. The Labute approximate surface area is 193 Å². The normalized spacial score (nSPS) is 41.4. The van der Waals surface area contributed by atoms with E-state index in [1.54, 1.807) is 6.07 Å². The average Bonchev–Trinajstić information content (AvgIpc) is 3.30. The Hall–Kier alpha value is -2.41. The monoisotopic (exact) mass is 449 g/mol. The van der Waals surface area contributed by atoms with Crippen molar-refractivity contribution in [2.45, 2.75) is 81.8 Å². The summed E-state index contributed by atoms with van der Waals surface area (Å²) >= 11 is 0. The largest absolute Gasteiger partial charge is 0.507 e. The molecular weight excluding hydrogens is 418 g/mol. The Morgan fingerprint density at radius 3 is 2.64 bits per heavy atom. The molecule has 0 radical (unpaired) electrons. The maximum absolute atomic E-state index is 14.6. The van der Waals surface area contributed by atoms with E-state index >= 15 is 0 Å². The molecule has 5 fully saturated rings. The molecule has 33 heavy (non-hydrogen) atoms. The number of hydrogen-bond acceptors (Lipinski definition) is 5. The lowest BCUT2D eigenvalue weighted by molar-refractivity contribution is -0.156. The van der Waals surface area contributed by atoms with Gasteiger partial charge in [-0.05, 0) is 69.0 Å². The van der Waals surface area contributed by atoms with Crippen molar-refractivity contribution in [3.63, 3.8) is 0 Å². The number of fused-ring (bicyclic) bond motifs is 2. The maximum Gasteiger partial charge on any atom is 0.241 e. The Morgan fingerprint density at radius 1 is 1.12 bits per heavy atom. The molecule has 6 heterocycles. The third kappa shape index (κ3) is 1.84. The second-order valence-corrected chi connectivity index (χ2v) is 12.6. The van der Waals surface area contributed by atoms with Crippen molar-refractivity contribution in [1.82, 2.24) is 10.2 Å². The first-order valence-electron chi connectivity index (χ1n) is 12.2. The summed E-state index contributed by atoms with van der Waals surface area (Å²) < 4.78 is 0. The number of benzene rings is 1. The predicted molar refractivity (Wildman–Crippen MR) is 121 cm³/mol. The van der Waals surface area contributed by atoms with Gasteiger partial charge in [-0.3, -0.25) is 19.3 Å². The number of Topliss-reactive ketones (excluding diaryl/α,β-unsaturated/α-hetero) is 1. The van der Waals surface area contributed by atoms with Crippen LogP contribution >= 0.6 is 0 Å². The molecule has 2 unspecified atom stereocenters. The summed E-state index contributed by atoms with van der Waals surface area (Å²) in [6, 6.07) is 3.45. The molecule has 1 aromatic rings. The van der Waals surface area contributed by atoms with Crippen LogP contribution in [0.4, 0.5) is 5.69 Å². The van der Waals surface area contributed by atoms with Crippen molar-refractivity contribution < 1.29 is 19.5 Å². The molecule has 2 bridgehead atoms. The first-order chi connectivity index (χ1) is 15.4. The fourth-order valence-electron chi connectivity index (χ4n) is 9.14. The maximum atomic E-state index is 14.6. The molecule has 174 valence electrons. The molecule has 1 aromatic carbocycles. The number of amides is 2. The van der Waals surface area contributed by atoms with Crippen LogP contribution in [0.3, 0.4) is 0 Å². The third-order valence-corrected chi connectivity index (χ3v) is 10.5. The van der Waals surface area contributed by atoms with Gasteiger partial charge in [0.15, 0.2) is 5.78 Å². The molecule has 0 aromatic heterocycles. The molecule has 3 spiro atoms. The van der Waals surface area contributed by atoms with Crippen LogP contribution in [0.2, 0.25) is 0 Å². The second kappa shape index (κ2) is 5.29. The predicted octanol–water partition coefficient (Wildman–Crippen LogP) is 2.49. The highest BCUT2D eigenvalue weighted by Gasteiger charge is 2.79. The summed E-state index contributed by atoms with van der Waals surface area (Å²) in [6.45, 7) is 9.98. The number of ketones is 1. The highest BCUT2D eigenvalue weighted by atomic mass is 16.3. The van der Waals surface area contributed by atoms with Crippen LogP contribution in [0.1, 0.15) is 75.7 Å². The van der Waals surface area contributed by atoms with Gasteiger partial charge in [0, 0.05) is 18.5 Å². The number of phenolic OH excluding ortho intramolecular Hbond substituents is 1. The molecule has 4 atom stereocenters. The van der Waals surface area contributed by atoms with E-state index in [0.717, 1.165) is 37.9 Å². The van der Waals surface area contributed by atoms with Crippen LogP contribution in [0, 0.1) is 11.3 Å². The Balaban J connectivity index is 1.49. The van der Waals surface area contributed by atoms with Gasteiger partial charge in [-0.15, -0.1) is 0 Å². The number of phenols is 1. The molecule has 1 saturated carbocycles. The summed E-state index contributed by atoms with van der Waals surface area (Å²) in [5.74, 6) is 0.139. The van der Waals surface area contributed by atoms with E-state index in [2.05, 4.69) is 24.1 Å². The first kappa shape index (κ1) is 20.0. The van der Waals surface area contributed by atoms with Crippen molar-refractivity contribution in [3.8, 4) is 5.75 Å². The topological polar surface area (TPSA) is 90.0 Å². The number of carbonyl (C=O) groups excluding carboxylic acids is 3. The lowest BCUT2D eigenvalue weighted by Gasteiger charge is -2.60. The van der Waals surface area contributed by atoms with Crippen LogP contribution in [-0.2, 0) is 15.0 Å². The molecule has 2 N–H and O–H groups in total. The van der Waals surface area contributed by atoms with Gasteiger partial charge in [0.05, 0.1) is 22.2 Å². The second-order valence-electron chi connectivity index (χ2n) is 12.6. The van der Waals surface area contributed by atoms with Crippen LogP contribution in [-0.4, -0.2) is 57.3 Å². The number of anilines is 1. The van der Waals surface area contributed by atoms with Crippen LogP contribution in [0.25, 0.3) is 0 Å². The van der Waals surface area contributed by atoms with Gasteiger partial charge in [0.1, 0.15) is 11.3 Å². The third-order valence-electron chi connectivity index (χ3n) is 10.5. The van der Waals surface area contributed by atoms with Crippen molar-refractivity contribution in [3.05, 3.63) is 23.3 Å². The summed E-state index contributed by atoms with van der Waals surface area (Å²) in [7, 11) is 0. The molecule has 1 aliphatic carbocycles. The highest BCUT2D eigenvalue weighted by molar-refractivity contribution is 6.19. The average molecular weight is 450 g/mol. The molecule has 7 aliphatic rings. The minimum absolute atomic E-state index is 0.0194. The van der Waals surface area contributed by atoms with E-state index in [1.807, 2.05) is 24.8 Å². The van der Waals surface area contributed by atoms with E-state index < -0.39 is 27.4 Å². The first-order valence-corrected chi connectivity index (χ1v) is 12.2. The van der Waals surface area contributed by atoms with Crippen molar-refractivity contribution in [2.24, 2.45) is 11.3 Å². The summed E-state index contributed by atoms with van der Waals surface area (Å²) in [5, 5.41) is 14.1. The number of nitrogens with zero attached hydrogens (tertiary/aromatic N) is 2. The lowest BCUT2D eigenvalue weighted by Crippen LogP contribution is -2.78. The molecule has 7 nitrogen and oxygen atoms in total. The van der Waals surface area contributed by atoms with Crippen molar-refractivity contribution >= 4 is 23.3 Å². The van der Waals surface area contributed by atoms with Crippen LogP contribution < -0.4 is 10.2 Å². The van der Waals surface area contributed by atoms with E-state index in [-0.39, 0.29) is 41.2 Å². The lowest BCUT2D eigenvalue weighted by atomic mass is 9.57. The summed E-state index contributed by atoms with van der Waals surface area (Å²) in [5.41, 5.74) is -1.12. The molecular formula is C26H31N3O4. The minimum atomic E-state index is -0.851. The van der Waals surface area contributed by atoms with Gasteiger partial charge in [0.25, 0.3) is 0 Å². The van der Waals surface area contributed by atoms with Crippen LogP contribution in [0.5, 0.6) is 5.75 Å². The zero-order valence-corrected chi connectivity index (χ0v) is 19.7. The number of aromatic hydroxyl groups is 1.